The third-order valence-corrected chi connectivity index (χ3v) is 4.60. The summed E-state index contributed by atoms with van der Waals surface area (Å²) in [6.45, 7) is 1.47. The zero-order valence-electron chi connectivity index (χ0n) is 14.2. The molecule has 6 nitrogen and oxygen atoms in total. The number of fused-ring (bicyclic) bond motifs is 1. The number of guanidine groups is 1. The number of nitrogens with two attached hydrogens (primary N) is 1. The van der Waals surface area contributed by atoms with Crippen LogP contribution in [0.5, 0.6) is 5.75 Å². The lowest BCUT2D eigenvalue weighted by atomic mass is 10.0. The topological polar surface area (TPSA) is 88.7 Å². The van der Waals surface area contributed by atoms with Crippen LogP contribution in [-0.2, 0) is 0 Å². The zero-order chi connectivity index (χ0) is 18.4. The van der Waals surface area contributed by atoms with Gasteiger partial charge in [0.2, 0.25) is 0 Å². The summed E-state index contributed by atoms with van der Waals surface area (Å²) < 4.78 is 6.58. The van der Waals surface area contributed by atoms with E-state index in [9.17, 15) is 4.79 Å². The molecule has 0 spiro atoms. The summed E-state index contributed by atoms with van der Waals surface area (Å²) in [7, 11) is 0. The van der Waals surface area contributed by atoms with Gasteiger partial charge in [0, 0.05) is 28.6 Å². The van der Waals surface area contributed by atoms with E-state index in [1.165, 1.54) is 0 Å². The van der Waals surface area contributed by atoms with Gasteiger partial charge in [0.25, 0.3) is 5.91 Å². The van der Waals surface area contributed by atoms with Crippen molar-refractivity contribution in [1.82, 2.24) is 10.6 Å². The largest absolute Gasteiger partial charge is 0.493 e. The number of hydrogen-bond acceptors (Lipinski definition) is 3. The molecule has 1 aliphatic rings. The monoisotopic (exact) mass is 416 g/mol. The highest BCUT2D eigenvalue weighted by Gasteiger charge is 2.21. The van der Waals surface area contributed by atoms with E-state index >= 15 is 0 Å². The van der Waals surface area contributed by atoms with Gasteiger partial charge in [0.15, 0.2) is 5.96 Å². The van der Waals surface area contributed by atoms with Gasteiger partial charge in [-0.25, -0.2) is 0 Å². The van der Waals surface area contributed by atoms with E-state index in [1.807, 2.05) is 36.4 Å². The maximum absolute atomic E-state index is 12.0. The second-order valence-corrected chi connectivity index (χ2v) is 6.82. The van der Waals surface area contributed by atoms with Crippen LogP contribution in [0.2, 0.25) is 0 Å². The Hall–Kier alpha value is -2.54. The third kappa shape index (κ3) is 4.76. The van der Waals surface area contributed by atoms with Crippen molar-refractivity contribution in [3.05, 3.63) is 64.1 Å². The fourth-order valence-corrected chi connectivity index (χ4v) is 3.03. The Morgan fingerprint density at radius 1 is 1.23 bits per heavy atom. The number of hydrogen-bond donors (Lipinski definition) is 3. The number of amides is 1. The zero-order valence-corrected chi connectivity index (χ0v) is 15.8. The Labute approximate surface area is 161 Å². The Bertz CT molecular complexity index is 792. The van der Waals surface area contributed by atoms with E-state index in [0.717, 1.165) is 22.2 Å². The minimum absolute atomic E-state index is 0.0843. The average molecular weight is 417 g/mol. The molecular weight excluding hydrogens is 396 g/mol. The predicted molar refractivity (Wildman–Crippen MR) is 105 cm³/mol. The van der Waals surface area contributed by atoms with E-state index in [2.05, 4.69) is 31.6 Å². The molecule has 2 aromatic rings. The molecule has 0 saturated heterocycles. The van der Waals surface area contributed by atoms with Gasteiger partial charge in [-0.15, -0.1) is 0 Å². The lowest BCUT2D eigenvalue weighted by Crippen LogP contribution is -2.38. The van der Waals surface area contributed by atoms with Crippen LogP contribution >= 0.6 is 15.9 Å². The number of carbonyl (C=O) groups excluding carboxylic acids is 1. The molecule has 0 aromatic heterocycles. The Kier molecular flexibility index (Phi) is 6.12. The predicted octanol–water partition coefficient (Wildman–Crippen LogP) is 2.61. The lowest BCUT2D eigenvalue weighted by Gasteiger charge is -2.26. The molecule has 26 heavy (non-hydrogen) atoms. The summed E-state index contributed by atoms with van der Waals surface area (Å²) in [5, 5.41) is 6.06. The summed E-state index contributed by atoms with van der Waals surface area (Å²) in [6.07, 6.45) is 0.827. The molecule has 136 valence electrons. The third-order valence-electron chi connectivity index (χ3n) is 4.07. The fraction of sp³-hybridized carbons (Fsp3) is 0.263. The second-order valence-electron chi connectivity index (χ2n) is 5.90. The van der Waals surface area contributed by atoms with Crippen LogP contribution in [-0.4, -0.2) is 31.6 Å². The van der Waals surface area contributed by atoms with Crippen molar-refractivity contribution in [1.29, 1.82) is 0 Å². The summed E-state index contributed by atoms with van der Waals surface area (Å²) in [6, 6.07) is 15.2. The van der Waals surface area contributed by atoms with E-state index in [4.69, 9.17) is 10.5 Å². The number of halogens is 1. The maximum atomic E-state index is 12.0. The minimum atomic E-state index is -0.127. The summed E-state index contributed by atoms with van der Waals surface area (Å²) in [4.78, 5) is 16.3. The van der Waals surface area contributed by atoms with Crippen LogP contribution < -0.4 is 21.1 Å². The molecule has 0 bridgehead atoms. The highest BCUT2D eigenvalue weighted by molar-refractivity contribution is 9.10. The highest BCUT2D eigenvalue weighted by atomic mass is 79.9. The number of para-hydroxylation sites is 1. The summed E-state index contributed by atoms with van der Waals surface area (Å²) in [5.74, 6) is 1.12. The first kappa shape index (κ1) is 18.3. The molecule has 1 atom stereocenters. The molecule has 1 aliphatic heterocycles. The molecule has 0 fully saturated rings. The summed E-state index contributed by atoms with van der Waals surface area (Å²) in [5.41, 5.74) is 7.68. The second kappa shape index (κ2) is 8.71. The molecular formula is C19H21BrN4O2. The van der Waals surface area contributed by atoms with Crippen molar-refractivity contribution in [3.63, 3.8) is 0 Å². The number of benzene rings is 2. The smallest absolute Gasteiger partial charge is 0.251 e. The van der Waals surface area contributed by atoms with Crippen LogP contribution in [0.4, 0.5) is 0 Å². The van der Waals surface area contributed by atoms with Crippen LogP contribution in [0.3, 0.4) is 0 Å². The Morgan fingerprint density at radius 3 is 2.81 bits per heavy atom. The number of rotatable bonds is 5. The number of aliphatic imine (C=N–C) groups is 1. The first-order chi connectivity index (χ1) is 12.6. The average Bonchev–Trinajstić information content (AvgIpc) is 2.66. The SMILES string of the molecule is NC(=NCCNC(=O)c1ccc(Br)cc1)NC1CCOc2ccccc21. The van der Waals surface area contributed by atoms with Gasteiger partial charge in [-0.05, 0) is 30.3 Å². The van der Waals surface area contributed by atoms with Crippen molar-refractivity contribution in [2.24, 2.45) is 10.7 Å². The number of ether oxygens (including phenoxy) is 1. The molecule has 4 N–H and O–H groups in total. The quantitative estimate of drug-likeness (QED) is 0.397. The van der Waals surface area contributed by atoms with E-state index in [0.29, 0.717) is 31.2 Å². The first-order valence-corrected chi connectivity index (χ1v) is 9.25. The first-order valence-electron chi connectivity index (χ1n) is 8.45. The fourth-order valence-electron chi connectivity index (χ4n) is 2.77. The molecule has 0 saturated carbocycles. The minimum Gasteiger partial charge on any atom is -0.493 e. The molecule has 1 unspecified atom stereocenters. The van der Waals surface area contributed by atoms with Gasteiger partial charge >= 0.3 is 0 Å². The van der Waals surface area contributed by atoms with E-state index in [-0.39, 0.29) is 11.9 Å². The molecule has 1 amide bonds. The standard InChI is InChI=1S/C19H21BrN4O2/c20-14-7-5-13(6-8-14)18(25)22-10-11-23-19(21)24-16-9-12-26-17-4-2-1-3-15(16)17/h1-8,16H,9-12H2,(H,22,25)(H3,21,23,24). The van der Waals surface area contributed by atoms with Gasteiger partial charge in [-0.2, -0.15) is 0 Å². The molecule has 1 heterocycles. The normalized spacial score (nSPS) is 16.3. The highest BCUT2D eigenvalue weighted by Crippen LogP contribution is 2.31. The van der Waals surface area contributed by atoms with E-state index in [1.54, 1.807) is 12.1 Å². The number of nitrogens with one attached hydrogen (secondary N) is 2. The van der Waals surface area contributed by atoms with Gasteiger partial charge in [-0.1, -0.05) is 34.1 Å². The number of carbonyl (C=O) groups is 1. The lowest BCUT2D eigenvalue weighted by molar-refractivity contribution is 0.0955. The van der Waals surface area contributed by atoms with Gasteiger partial charge in [0.1, 0.15) is 5.75 Å². The van der Waals surface area contributed by atoms with Crippen molar-refractivity contribution in [2.45, 2.75) is 12.5 Å². The van der Waals surface area contributed by atoms with Gasteiger partial charge in [-0.3, -0.25) is 9.79 Å². The van der Waals surface area contributed by atoms with Crippen molar-refractivity contribution >= 4 is 27.8 Å². The van der Waals surface area contributed by atoms with Gasteiger partial charge < -0.3 is 21.1 Å². The van der Waals surface area contributed by atoms with Crippen LogP contribution in [0.25, 0.3) is 0 Å². The van der Waals surface area contributed by atoms with Crippen molar-refractivity contribution in [3.8, 4) is 5.75 Å². The number of nitrogens with zero attached hydrogens (tertiary/aromatic N) is 1. The van der Waals surface area contributed by atoms with Crippen molar-refractivity contribution in [2.75, 3.05) is 19.7 Å². The van der Waals surface area contributed by atoms with Gasteiger partial charge in [0.05, 0.1) is 19.2 Å². The molecule has 2 aromatic carbocycles. The van der Waals surface area contributed by atoms with Crippen LogP contribution in [0.15, 0.2) is 58.0 Å². The van der Waals surface area contributed by atoms with E-state index < -0.39 is 0 Å². The molecule has 7 heteroatoms. The Balaban J connectivity index is 1.47. The molecule has 0 radical (unpaired) electrons. The maximum Gasteiger partial charge on any atom is 0.251 e. The van der Waals surface area contributed by atoms with Crippen LogP contribution in [0, 0.1) is 0 Å². The van der Waals surface area contributed by atoms with Crippen LogP contribution in [0.1, 0.15) is 28.4 Å². The summed E-state index contributed by atoms with van der Waals surface area (Å²) >= 11 is 3.35. The van der Waals surface area contributed by atoms with Crippen molar-refractivity contribution < 1.29 is 9.53 Å². The molecule has 0 aliphatic carbocycles. The molecule has 3 rings (SSSR count). The Morgan fingerprint density at radius 2 is 2.00 bits per heavy atom.